The molecule has 1 aliphatic heterocycles. The molecule has 0 saturated heterocycles. The van der Waals surface area contributed by atoms with Gasteiger partial charge in [0.1, 0.15) is 23.6 Å². The number of fused-ring (bicyclic) bond motifs is 3. The van der Waals surface area contributed by atoms with E-state index in [9.17, 15) is 9.59 Å². The number of nitrogens with zero attached hydrogens (tertiary/aromatic N) is 4. The largest absolute Gasteiger partial charge is 0.463 e. The number of hydrogen-bond donors (Lipinski definition) is 1. The summed E-state index contributed by atoms with van der Waals surface area (Å²) in [5.41, 5.74) is 2.18. The van der Waals surface area contributed by atoms with Gasteiger partial charge in [-0.1, -0.05) is 36.4 Å². The first-order valence-corrected chi connectivity index (χ1v) is 12.0. The van der Waals surface area contributed by atoms with Crippen LogP contribution < -0.4 is 5.32 Å². The van der Waals surface area contributed by atoms with Crippen LogP contribution in [0.4, 0.5) is 5.82 Å². The molecule has 34 heavy (non-hydrogen) atoms. The fourth-order valence-electron chi connectivity index (χ4n) is 3.97. The Morgan fingerprint density at radius 3 is 2.79 bits per heavy atom. The number of anilines is 1. The van der Waals surface area contributed by atoms with E-state index in [4.69, 9.17) is 4.74 Å². The average Bonchev–Trinajstić information content (AvgIpc) is 3.20. The molecule has 3 heterocycles. The van der Waals surface area contributed by atoms with Gasteiger partial charge in [0.15, 0.2) is 0 Å². The fourth-order valence-corrected chi connectivity index (χ4v) is 5.17. The van der Waals surface area contributed by atoms with Crippen LogP contribution in [0, 0.1) is 0 Å². The molecule has 0 saturated carbocycles. The van der Waals surface area contributed by atoms with E-state index < -0.39 is 0 Å². The lowest BCUT2D eigenvalue weighted by molar-refractivity contribution is -0.141. The van der Waals surface area contributed by atoms with E-state index in [1.54, 1.807) is 23.7 Å². The number of thiophene rings is 1. The summed E-state index contributed by atoms with van der Waals surface area (Å²) in [4.78, 5) is 39.1. The van der Waals surface area contributed by atoms with Gasteiger partial charge in [0.2, 0.25) is 5.91 Å². The summed E-state index contributed by atoms with van der Waals surface area (Å²) in [5, 5.41) is 4.47. The number of likely N-dealkylation sites (N-methyl/N-ethyl adjacent to an activating group) is 1. The zero-order valence-electron chi connectivity index (χ0n) is 19.7. The molecule has 1 atom stereocenters. The van der Waals surface area contributed by atoms with E-state index in [1.165, 1.54) is 12.5 Å². The van der Waals surface area contributed by atoms with E-state index in [-0.39, 0.29) is 24.5 Å². The van der Waals surface area contributed by atoms with Crippen LogP contribution in [0.3, 0.4) is 0 Å². The van der Waals surface area contributed by atoms with Crippen molar-refractivity contribution in [1.82, 2.24) is 19.8 Å². The maximum Gasteiger partial charge on any atom is 0.302 e. The number of ether oxygens (including phenoxy) is 1. The fraction of sp³-hybridized carbons (Fsp3) is 0.360. The number of benzene rings is 1. The third kappa shape index (κ3) is 5.60. The van der Waals surface area contributed by atoms with Crippen molar-refractivity contribution in [2.45, 2.75) is 25.9 Å². The van der Waals surface area contributed by atoms with Gasteiger partial charge >= 0.3 is 5.97 Å². The summed E-state index contributed by atoms with van der Waals surface area (Å²) in [6.45, 7) is 3.54. The summed E-state index contributed by atoms with van der Waals surface area (Å²) in [7, 11) is 3.95. The van der Waals surface area contributed by atoms with Gasteiger partial charge in [-0.2, -0.15) is 0 Å². The first kappa shape index (κ1) is 23.8. The maximum atomic E-state index is 12.6. The smallest absolute Gasteiger partial charge is 0.302 e. The Kier molecular flexibility index (Phi) is 7.54. The molecule has 3 aromatic rings. The van der Waals surface area contributed by atoms with Gasteiger partial charge in [0, 0.05) is 31.0 Å². The number of esters is 1. The SMILES string of the molecule is CC(=O)OC[C@@H](Nc1ncnc2sc3c(c12)CCN(C(=O)/C=C/CN(C)C)C3)c1ccccc1. The Morgan fingerprint density at radius 1 is 1.26 bits per heavy atom. The van der Waals surface area contributed by atoms with Gasteiger partial charge in [-0.05, 0) is 31.6 Å². The molecular formula is C25H29N5O3S. The molecule has 1 aliphatic rings. The second-order valence-corrected chi connectivity index (χ2v) is 9.57. The highest BCUT2D eigenvalue weighted by molar-refractivity contribution is 7.19. The molecule has 0 aliphatic carbocycles. The van der Waals surface area contributed by atoms with Crippen molar-refractivity contribution < 1.29 is 14.3 Å². The van der Waals surface area contributed by atoms with Crippen LogP contribution in [-0.2, 0) is 27.3 Å². The predicted molar refractivity (Wildman–Crippen MR) is 134 cm³/mol. The molecule has 2 aromatic heterocycles. The standard InChI is InChI=1S/C25H29N5O3S/c1-17(31)33-15-20(18-8-5-4-6-9-18)28-24-23-19-11-13-30(22(32)10-7-12-29(2)3)14-21(19)34-25(23)27-16-26-24/h4-10,16,20H,11-15H2,1-3H3,(H,26,27,28)/b10-7+/t20-/m1/s1. The molecule has 4 rings (SSSR count). The third-order valence-corrected chi connectivity index (χ3v) is 6.77. The second-order valence-electron chi connectivity index (χ2n) is 8.49. The Balaban J connectivity index is 1.59. The molecule has 0 unspecified atom stereocenters. The number of aromatic nitrogens is 2. The molecule has 0 bridgehead atoms. The number of nitrogens with one attached hydrogen (secondary N) is 1. The lowest BCUT2D eigenvalue weighted by Gasteiger charge is -2.26. The van der Waals surface area contributed by atoms with Crippen molar-refractivity contribution in [2.75, 3.05) is 39.1 Å². The van der Waals surface area contributed by atoms with Crippen molar-refractivity contribution in [2.24, 2.45) is 0 Å². The summed E-state index contributed by atoms with van der Waals surface area (Å²) in [6.07, 6.45) is 5.84. The van der Waals surface area contributed by atoms with Crippen LogP contribution in [0.5, 0.6) is 0 Å². The van der Waals surface area contributed by atoms with E-state index in [0.717, 1.165) is 33.6 Å². The lowest BCUT2D eigenvalue weighted by Crippen LogP contribution is -2.34. The minimum Gasteiger partial charge on any atom is -0.463 e. The first-order chi connectivity index (χ1) is 16.4. The zero-order chi connectivity index (χ0) is 24.1. The normalized spacial score (nSPS) is 14.4. The molecule has 1 amide bonds. The van der Waals surface area contributed by atoms with Crippen LogP contribution >= 0.6 is 11.3 Å². The van der Waals surface area contributed by atoms with Crippen molar-refractivity contribution in [1.29, 1.82) is 0 Å². The van der Waals surface area contributed by atoms with Crippen molar-refractivity contribution in [3.8, 4) is 0 Å². The first-order valence-electron chi connectivity index (χ1n) is 11.2. The number of carbonyl (C=O) groups is 2. The quantitative estimate of drug-likeness (QED) is 0.391. The molecule has 1 aromatic carbocycles. The van der Waals surface area contributed by atoms with Gasteiger partial charge in [-0.15, -0.1) is 11.3 Å². The Hall–Kier alpha value is -3.30. The Bertz CT molecular complexity index is 1190. The average molecular weight is 480 g/mol. The monoisotopic (exact) mass is 479 g/mol. The molecular weight excluding hydrogens is 450 g/mol. The zero-order valence-corrected chi connectivity index (χ0v) is 20.5. The summed E-state index contributed by atoms with van der Waals surface area (Å²) in [5.74, 6) is 0.418. The molecule has 178 valence electrons. The van der Waals surface area contributed by atoms with Gasteiger partial charge in [-0.25, -0.2) is 9.97 Å². The minimum atomic E-state index is -0.326. The van der Waals surface area contributed by atoms with Crippen molar-refractivity contribution in [3.05, 3.63) is 64.8 Å². The molecule has 0 spiro atoms. The van der Waals surface area contributed by atoms with E-state index in [1.807, 2.05) is 60.3 Å². The van der Waals surface area contributed by atoms with Crippen molar-refractivity contribution in [3.63, 3.8) is 0 Å². The van der Waals surface area contributed by atoms with Crippen molar-refractivity contribution >= 4 is 39.2 Å². The van der Waals surface area contributed by atoms with E-state index in [0.29, 0.717) is 18.9 Å². The van der Waals surface area contributed by atoms with Gasteiger partial charge < -0.3 is 19.9 Å². The lowest BCUT2D eigenvalue weighted by atomic mass is 10.0. The predicted octanol–water partition coefficient (Wildman–Crippen LogP) is 3.41. The highest BCUT2D eigenvalue weighted by Gasteiger charge is 2.26. The minimum absolute atomic E-state index is 0.0277. The van der Waals surface area contributed by atoms with Crippen LogP contribution in [-0.4, -0.2) is 65.4 Å². The van der Waals surface area contributed by atoms with E-state index >= 15 is 0 Å². The Labute approximate surface area is 203 Å². The van der Waals surface area contributed by atoms with Crippen LogP contribution in [0.25, 0.3) is 10.2 Å². The number of hydrogen-bond acceptors (Lipinski definition) is 8. The van der Waals surface area contributed by atoms with E-state index in [2.05, 4.69) is 15.3 Å². The summed E-state index contributed by atoms with van der Waals surface area (Å²) in [6, 6.07) is 9.61. The van der Waals surface area contributed by atoms with Gasteiger partial charge in [0.25, 0.3) is 0 Å². The highest BCUT2D eigenvalue weighted by atomic mass is 32.1. The van der Waals surface area contributed by atoms with Gasteiger partial charge in [-0.3, -0.25) is 9.59 Å². The van der Waals surface area contributed by atoms with Crippen LogP contribution in [0.1, 0.15) is 29.0 Å². The maximum absolute atomic E-state index is 12.6. The third-order valence-electron chi connectivity index (χ3n) is 5.65. The molecule has 1 N–H and O–H groups in total. The number of amides is 1. The molecule has 0 fully saturated rings. The molecule has 8 nitrogen and oxygen atoms in total. The number of carbonyl (C=O) groups excluding carboxylic acids is 2. The van der Waals surface area contributed by atoms with Crippen LogP contribution in [0.2, 0.25) is 0 Å². The summed E-state index contributed by atoms with van der Waals surface area (Å²) < 4.78 is 5.33. The highest BCUT2D eigenvalue weighted by Crippen LogP contribution is 2.38. The number of rotatable bonds is 8. The van der Waals surface area contributed by atoms with Gasteiger partial charge in [0.05, 0.1) is 18.0 Å². The molecule has 9 heteroatoms. The summed E-state index contributed by atoms with van der Waals surface area (Å²) >= 11 is 1.60. The topological polar surface area (TPSA) is 87.7 Å². The Morgan fingerprint density at radius 2 is 2.06 bits per heavy atom. The molecule has 0 radical (unpaired) electrons. The second kappa shape index (κ2) is 10.8. The van der Waals surface area contributed by atoms with Crippen LogP contribution in [0.15, 0.2) is 48.8 Å².